The second kappa shape index (κ2) is 6.94. The lowest BCUT2D eigenvalue weighted by Gasteiger charge is -2.20. The van der Waals surface area contributed by atoms with Crippen LogP contribution in [0.3, 0.4) is 0 Å². The number of benzene rings is 2. The molecule has 2 rings (SSSR count). The highest BCUT2D eigenvalue weighted by molar-refractivity contribution is 9.10. The molecule has 1 nitrogen and oxygen atoms in total. The minimum Gasteiger partial charge on any atom is -0.306 e. The van der Waals surface area contributed by atoms with Crippen molar-refractivity contribution >= 4 is 31.9 Å². The molecule has 2 aromatic carbocycles. The summed E-state index contributed by atoms with van der Waals surface area (Å²) in [6.45, 7) is 2.37. The van der Waals surface area contributed by atoms with E-state index >= 15 is 0 Å². The van der Waals surface area contributed by atoms with Crippen molar-refractivity contribution in [2.24, 2.45) is 0 Å². The van der Waals surface area contributed by atoms with Crippen LogP contribution in [-0.4, -0.2) is 6.54 Å². The van der Waals surface area contributed by atoms with Crippen LogP contribution in [0.5, 0.6) is 0 Å². The summed E-state index contributed by atoms with van der Waals surface area (Å²) in [4.78, 5) is 0. The molecule has 21 heavy (non-hydrogen) atoms. The lowest BCUT2D eigenvalue weighted by atomic mass is 9.98. The molecule has 0 amide bonds. The van der Waals surface area contributed by atoms with E-state index in [2.05, 4.69) is 37.2 Å². The molecule has 1 N–H and O–H groups in total. The number of hydrogen-bond acceptors (Lipinski definition) is 1. The van der Waals surface area contributed by atoms with Crippen LogP contribution in [0.25, 0.3) is 0 Å². The van der Waals surface area contributed by atoms with Gasteiger partial charge in [-0.3, -0.25) is 0 Å². The molecule has 0 heterocycles. The first kappa shape index (κ1) is 16.5. The van der Waals surface area contributed by atoms with Crippen LogP contribution in [-0.2, 0) is 0 Å². The Kier molecular flexibility index (Phi) is 5.46. The van der Waals surface area contributed by atoms with Crippen molar-refractivity contribution in [3.8, 4) is 0 Å². The van der Waals surface area contributed by atoms with Crippen molar-refractivity contribution in [3.63, 3.8) is 0 Å². The molecule has 112 valence electrons. The summed E-state index contributed by atoms with van der Waals surface area (Å²) in [5.74, 6) is -1.57. The quantitative estimate of drug-likeness (QED) is 0.656. The van der Waals surface area contributed by atoms with Crippen molar-refractivity contribution in [2.45, 2.75) is 13.0 Å². The minimum absolute atomic E-state index is 0.0550. The van der Waals surface area contributed by atoms with Crippen LogP contribution in [0, 0.1) is 17.5 Å². The smallest absolute Gasteiger partial charge is 0.137 e. The van der Waals surface area contributed by atoms with Gasteiger partial charge >= 0.3 is 0 Å². The summed E-state index contributed by atoms with van der Waals surface area (Å²) < 4.78 is 42.0. The van der Waals surface area contributed by atoms with Crippen molar-refractivity contribution in [1.82, 2.24) is 5.32 Å². The SMILES string of the molecule is CCNC(c1cc(F)cc(Br)c1)c1cc(F)c(Br)cc1F. The van der Waals surface area contributed by atoms with E-state index in [9.17, 15) is 13.2 Å². The average Bonchev–Trinajstić information content (AvgIpc) is 2.39. The van der Waals surface area contributed by atoms with Gasteiger partial charge in [0.2, 0.25) is 0 Å². The number of hydrogen-bond donors (Lipinski definition) is 1. The van der Waals surface area contributed by atoms with Gasteiger partial charge in [0.1, 0.15) is 17.5 Å². The maximum atomic E-state index is 14.1. The Balaban J connectivity index is 2.55. The molecular weight excluding hydrogens is 411 g/mol. The van der Waals surface area contributed by atoms with Gasteiger partial charge in [-0.25, -0.2) is 13.2 Å². The van der Waals surface area contributed by atoms with Gasteiger partial charge in [0.15, 0.2) is 0 Å². The van der Waals surface area contributed by atoms with E-state index in [1.807, 2.05) is 6.92 Å². The first-order valence-corrected chi connectivity index (χ1v) is 7.84. The first-order valence-electron chi connectivity index (χ1n) is 6.26. The van der Waals surface area contributed by atoms with Gasteiger partial charge < -0.3 is 5.32 Å². The van der Waals surface area contributed by atoms with Gasteiger partial charge in [-0.1, -0.05) is 22.9 Å². The van der Waals surface area contributed by atoms with Gasteiger partial charge in [-0.2, -0.15) is 0 Å². The van der Waals surface area contributed by atoms with Crippen LogP contribution in [0.15, 0.2) is 39.3 Å². The van der Waals surface area contributed by atoms with E-state index < -0.39 is 23.5 Å². The standard InChI is InChI=1S/C15H12Br2F3N/c1-2-21-15(8-3-9(16)5-10(18)4-8)11-6-14(20)12(17)7-13(11)19/h3-7,15,21H,2H2,1H3. The third-order valence-electron chi connectivity index (χ3n) is 2.98. The van der Waals surface area contributed by atoms with Gasteiger partial charge in [-0.15, -0.1) is 0 Å². The fourth-order valence-electron chi connectivity index (χ4n) is 2.11. The Morgan fingerprint density at radius 3 is 2.33 bits per heavy atom. The van der Waals surface area contributed by atoms with E-state index in [-0.39, 0.29) is 10.0 Å². The van der Waals surface area contributed by atoms with E-state index in [4.69, 9.17) is 0 Å². The molecule has 0 aliphatic carbocycles. The topological polar surface area (TPSA) is 12.0 Å². The molecule has 0 spiro atoms. The third kappa shape index (κ3) is 3.87. The summed E-state index contributed by atoms with van der Waals surface area (Å²) in [6.07, 6.45) is 0. The third-order valence-corrected chi connectivity index (χ3v) is 4.04. The molecule has 0 aliphatic heterocycles. The van der Waals surface area contributed by atoms with Crippen LogP contribution in [0.1, 0.15) is 24.1 Å². The van der Waals surface area contributed by atoms with E-state index in [1.165, 1.54) is 12.1 Å². The zero-order chi connectivity index (χ0) is 15.6. The van der Waals surface area contributed by atoms with Crippen molar-refractivity contribution in [3.05, 3.63) is 67.9 Å². The average molecular weight is 423 g/mol. The first-order chi connectivity index (χ1) is 9.92. The molecule has 2 aromatic rings. The zero-order valence-corrected chi connectivity index (χ0v) is 14.2. The predicted octanol–water partition coefficient (Wildman–Crippen LogP) is 5.33. The Bertz CT molecular complexity index is 641. The second-order valence-corrected chi connectivity index (χ2v) is 6.25. The lowest BCUT2D eigenvalue weighted by molar-refractivity contribution is 0.539. The lowest BCUT2D eigenvalue weighted by Crippen LogP contribution is -2.23. The summed E-state index contributed by atoms with van der Waals surface area (Å²) in [5, 5.41) is 3.05. The summed E-state index contributed by atoms with van der Waals surface area (Å²) in [6, 6.07) is 5.84. The zero-order valence-electron chi connectivity index (χ0n) is 11.1. The maximum absolute atomic E-state index is 14.1. The highest BCUT2D eigenvalue weighted by Gasteiger charge is 2.20. The van der Waals surface area contributed by atoms with Crippen molar-refractivity contribution in [2.75, 3.05) is 6.54 Å². The Morgan fingerprint density at radius 2 is 1.71 bits per heavy atom. The van der Waals surface area contributed by atoms with Gasteiger partial charge in [0.05, 0.1) is 10.5 Å². The summed E-state index contributed by atoms with van der Waals surface area (Å²) >= 11 is 6.15. The predicted molar refractivity (Wildman–Crippen MR) is 83.7 cm³/mol. The Morgan fingerprint density at radius 1 is 1.00 bits per heavy atom. The summed E-state index contributed by atoms with van der Waals surface area (Å²) in [7, 11) is 0. The van der Waals surface area contributed by atoms with Crippen LogP contribution < -0.4 is 5.32 Å². The van der Waals surface area contributed by atoms with Gasteiger partial charge in [0, 0.05) is 10.0 Å². The monoisotopic (exact) mass is 421 g/mol. The van der Waals surface area contributed by atoms with E-state index in [1.54, 1.807) is 6.07 Å². The largest absolute Gasteiger partial charge is 0.306 e. The normalized spacial score (nSPS) is 12.5. The fraction of sp³-hybridized carbons (Fsp3) is 0.200. The fourth-order valence-corrected chi connectivity index (χ4v) is 2.91. The Hall–Kier alpha value is -0.850. The highest BCUT2D eigenvalue weighted by atomic mass is 79.9. The molecule has 0 saturated heterocycles. The van der Waals surface area contributed by atoms with Crippen LogP contribution >= 0.6 is 31.9 Å². The van der Waals surface area contributed by atoms with E-state index in [0.29, 0.717) is 16.6 Å². The number of halogens is 5. The van der Waals surface area contributed by atoms with Crippen LogP contribution in [0.4, 0.5) is 13.2 Å². The van der Waals surface area contributed by atoms with Gasteiger partial charge in [-0.05, 0) is 58.4 Å². The van der Waals surface area contributed by atoms with Gasteiger partial charge in [0.25, 0.3) is 0 Å². The maximum Gasteiger partial charge on any atom is 0.137 e. The van der Waals surface area contributed by atoms with Crippen molar-refractivity contribution in [1.29, 1.82) is 0 Å². The molecule has 0 bridgehead atoms. The molecule has 1 atom stereocenters. The second-order valence-electron chi connectivity index (χ2n) is 4.48. The number of rotatable bonds is 4. The highest BCUT2D eigenvalue weighted by Crippen LogP contribution is 2.30. The molecule has 0 fully saturated rings. The molecule has 6 heteroatoms. The number of nitrogens with one attached hydrogen (secondary N) is 1. The molecule has 0 aliphatic rings. The Labute approximate surface area is 137 Å². The minimum atomic E-state index is -0.635. The molecule has 0 radical (unpaired) electrons. The molecule has 0 saturated carbocycles. The van der Waals surface area contributed by atoms with E-state index in [0.717, 1.165) is 12.1 Å². The van der Waals surface area contributed by atoms with Crippen LogP contribution in [0.2, 0.25) is 0 Å². The molecule has 0 aromatic heterocycles. The molecule has 1 unspecified atom stereocenters. The summed E-state index contributed by atoms with van der Waals surface area (Å²) in [5.41, 5.74) is 0.652. The van der Waals surface area contributed by atoms with Crippen molar-refractivity contribution < 1.29 is 13.2 Å². The molecular formula is C15H12Br2F3N.